The zero-order valence-corrected chi connectivity index (χ0v) is 14.9. The molecule has 1 unspecified atom stereocenters. The van der Waals surface area contributed by atoms with Crippen LogP contribution in [-0.4, -0.2) is 10.9 Å². The van der Waals surface area contributed by atoms with E-state index in [-0.39, 0.29) is 24.4 Å². The first-order valence-corrected chi connectivity index (χ1v) is 8.92. The first-order chi connectivity index (χ1) is 13.6. The van der Waals surface area contributed by atoms with Gasteiger partial charge in [-0.25, -0.2) is 8.78 Å². The van der Waals surface area contributed by atoms with Gasteiger partial charge < -0.3 is 14.7 Å². The van der Waals surface area contributed by atoms with Crippen LogP contribution in [-0.2, 0) is 11.3 Å². The van der Waals surface area contributed by atoms with Crippen molar-refractivity contribution < 1.29 is 18.0 Å². The first kappa shape index (κ1) is 18.0. The summed E-state index contributed by atoms with van der Waals surface area (Å²) in [7, 11) is 0. The molecule has 6 heteroatoms. The van der Waals surface area contributed by atoms with Crippen LogP contribution in [0.5, 0.6) is 0 Å². The van der Waals surface area contributed by atoms with Crippen molar-refractivity contribution in [3.8, 4) is 0 Å². The molecule has 0 spiro atoms. The molecule has 4 aromatic rings. The number of aromatic nitrogens is 1. The van der Waals surface area contributed by atoms with Crippen LogP contribution in [0.25, 0.3) is 10.9 Å². The summed E-state index contributed by atoms with van der Waals surface area (Å²) < 4.78 is 33.2. The van der Waals surface area contributed by atoms with Gasteiger partial charge in [-0.2, -0.15) is 0 Å². The third-order valence-electron chi connectivity index (χ3n) is 4.76. The van der Waals surface area contributed by atoms with Crippen LogP contribution in [0.3, 0.4) is 0 Å². The lowest BCUT2D eigenvalue weighted by molar-refractivity contribution is -0.121. The van der Waals surface area contributed by atoms with E-state index in [1.54, 1.807) is 18.3 Å². The number of rotatable bonds is 6. The number of benzene rings is 2. The molecule has 4 rings (SSSR count). The lowest BCUT2D eigenvalue weighted by Crippen LogP contribution is -2.25. The maximum atomic E-state index is 14.6. The molecule has 2 heterocycles. The third kappa shape index (κ3) is 3.67. The van der Waals surface area contributed by atoms with E-state index in [2.05, 4.69) is 10.3 Å². The standard InChI is InChI=1S/C22H18F2N2O2/c23-14-7-8-16(20(24)10-14)18(11-22(27)26-12-15-4-3-9-28-15)19-13-25-21-6-2-1-5-17(19)21/h1-10,13,18,25H,11-12H2,(H,26,27). The number of hydrogen-bond acceptors (Lipinski definition) is 2. The normalized spacial score (nSPS) is 12.2. The highest BCUT2D eigenvalue weighted by Gasteiger charge is 2.24. The van der Waals surface area contributed by atoms with E-state index in [0.717, 1.165) is 22.5 Å². The highest BCUT2D eigenvalue weighted by atomic mass is 19.1. The lowest BCUT2D eigenvalue weighted by Gasteiger charge is -2.18. The molecule has 2 aromatic heterocycles. The molecule has 0 aliphatic rings. The SMILES string of the molecule is O=C(CC(c1ccc(F)cc1F)c1c[nH]c2ccccc12)NCc1ccco1. The Bertz CT molecular complexity index is 1100. The van der Waals surface area contributed by atoms with E-state index in [4.69, 9.17) is 4.42 Å². The topological polar surface area (TPSA) is 58.0 Å². The molecule has 1 amide bonds. The number of carbonyl (C=O) groups is 1. The number of H-pyrrole nitrogens is 1. The molecular formula is C22H18F2N2O2. The quantitative estimate of drug-likeness (QED) is 0.501. The smallest absolute Gasteiger partial charge is 0.221 e. The average molecular weight is 380 g/mol. The van der Waals surface area contributed by atoms with Gasteiger partial charge in [0.05, 0.1) is 12.8 Å². The average Bonchev–Trinajstić information content (AvgIpc) is 3.35. The van der Waals surface area contributed by atoms with Crippen LogP contribution >= 0.6 is 0 Å². The summed E-state index contributed by atoms with van der Waals surface area (Å²) in [6.45, 7) is 0.248. The minimum absolute atomic E-state index is 0.0190. The number of aromatic amines is 1. The Hall–Kier alpha value is -3.41. The van der Waals surface area contributed by atoms with Crippen LogP contribution < -0.4 is 5.32 Å². The van der Waals surface area contributed by atoms with E-state index in [9.17, 15) is 13.6 Å². The third-order valence-corrected chi connectivity index (χ3v) is 4.76. The minimum Gasteiger partial charge on any atom is -0.467 e. The van der Waals surface area contributed by atoms with E-state index >= 15 is 0 Å². The summed E-state index contributed by atoms with van der Waals surface area (Å²) in [6, 6.07) is 14.6. The van der Waals surface area contributed by atoms with Gasteiger partial charge in [-0.3, -0.25) is 4.79 Å². The predicted octanol–water partition coefficient (Wildman–Crippen LogP) is 4.88. The predicted molar refractivity (Wildman–Crippen MR) is 102 cm³/mol. The molecule has 4 nitrogen and oxygen atoms in total. The number of carbonyl (C=O) groups excluding carboxylic acids is 1. The molecule has 0 aliphatic carbocycles. The Morgan fingerprint density at radius 1 is 1.07 bits per heavy atom. The number of nitrogens with one attached hydrogen (secondary N) is 2. The second kappa shape index (κ2) is 7.68. The van der Waals surface area contributed by atoms with Gasteiger partial charge in [0.2, 0.25) is 5.91 Å². The Labute approximate surface area is 160 Å². The van der Waals surface area contributed by atoms with E-state index in [1.807, 2.05) is 24.3 Å². The second-order valence-corrected chi connectivity index (χ2v) is 6.57. The second-order valence-electron chi connectivity index (χ2n) is 6.57. The van der Waals surface area contributed by atoms with Gasteiger partial charge in [0.15, 0.2) is 0 Å². The fraction of sp³-hybridized carbons (Fsp3) is 0.136. The number of para-hydroxylation sites is 1. The molecule has 0 radical (unpaired) electrons. The first-order valence-electron chi connectivity index (χ1n) is 8.92. The molecule has 0 bridgehead atoms. The van der Waals surface area contributed by atoms with E-state index in [1.165, 1.54) is 18.4 Å². The highest BCUT2D eigenvalue weighted by molar-refractivity contribution is 5.86. The fourth-order valence-electron chi connectivity index (χ4n) is 3.41. The number of fused-ring (bicyclic) bond motifs is 1. The summed E-state index contributed by atoms with van der Waals surface area (Å²) in [4.78, 5) is 15.7. The maximum Gasteiger partial charge on any atom is 0.221 e. The molecule has 2 aromatic carbocycles. The number of amides is 1. The molecule has 0 fully saturated rings. The van der Waals surface area contributed by atoms with Crippen molar-refractivity contribution in [1.29, 1.82) is 0 Å². The molecule has 0 saturated heterocycles. The summed E-state index contributed by atoms with van der Waals surface area (Å²) in [5, 5.41) is 3.68. The molecule has 2 N–H and O–H groups in total. The van der Waals surface area contributed by atoms with Crippen molar-refractivity contribution in [1.82, 2.24) is 10.3 Å². The van der Waals surface area contributed by atoms with E-state index < -0.39 is 17.6 Å². The van der Waals surface area contributed by atoms with Crippen molar-refractivity contribution in [3.63, 3.8) is 0 Å². The van der Waals surface area contributed by atoms with Crippen molar-refractivity contribution in [2.24, 2.45) is 0 Å². The van der Waals surface area contributed by atoms with Crippen molar-refractivity contribution in [2.75, 3.05) is 0 Å². The van der Waals surface area contributed by atoms with Crippen LogP contribution in [0.2, 0.25) is 0 Å². The lowest BCUT2D eigenvalue weighted by atomic mass is 9.87. The van der Waals surface area contributed by atoms with Gasteiger partial charge in [-0.15, -0.1) is 0 Å². The minimum atomic E-state index is -0.672. The Balaban J connectivity index is 1.66. The molecule has 1 atom stereocenters. The highest BCUT2D eigenvalue weighted by Crippen LogP contribution is 2.34. The molecule has 0 aliphatic heterocycles. The number of halogens is 2. The largest absolute Gasteiger partial charge is 0.467 e. The Morgan fingerprint density at radius 2 is 1.93 bits per heavy atom. The van der Waals surface area contributed by atoms with Gasteiger partial charge >= 0.3 is 0 Å². The summed E-state index contributed by atoms with van der Waals surface area (Å²) >= 11 is 0. The van der Waals surface area contributed by atoms with Gasteiger partial charge in [0.1, 0.15) is 17.4 Å². The van der Waals surface area contributed by atoms with Gasteiger partial charge in [-0.1, -0.05) is 24.3 Å². The van der Waals surface area contributed by atoms with Gasteiger partial charge in [0, 0.05) is 35.5 Å². The zero-order valence-electron chi connectivity index (χ0n) is 14.9. The maximum absolute atomic E-state index is 14.6. The van der Waals surface area contributed by atoms with Crippen molar-refractivity contribution >= 4 is 16.8 Å². The van der Waals surface area contributed by atoms with Crippen LogP contribution in [0, 0.1) is 11.6 Å². The van der Waals surface area contributed by atoms with Crippen LogP contribution in [0.4, 0.5) is 8.78 Å². The number of hydrogen-bond donors (Lipinski definition) is 2. The van der Waals surface area contributed by atoms with Crippen LogP contribution in [0.1, 0.15) is 29.2 Å². The zero-order chi connectivity index (χ0) is 19.5. The van der Waals surface area contributed by atoms with Gasteiger partial charge in [-0.05, 0) is 35.4 Å². The summed E-state index contributed by atoms with van der Waals surface area (Å²) in [5.74, 6) is -1.51. The molecule has 142 valence electrons. The monoisotopic (exact) mass is 380 g/mol. The van der Waals surface area contributed by atoms with Crippen molar-refractivity contribution in [2.45, 2.75) is 18.9 Å². The number of furan rings is 1. The van der Waals surface area contributed by atoms with Crippen molar-refractivity contribution in [3.05, 3.63) is 95.6 Å². The summed E-state index contributed by atoms with van der Waals surface area (Å²) in [5.41, 5.74) is 1.95. The molecular weight excluding hydrogens is 362 g/mol. The molecule has 0 saturated carbocycles. The van der Waals surface area contributed by atoms with Crippen LogP contribution in [0.15, 0.2) is 71.5 Å². The summed E-state index contributed by atoms with van der Waals surface area (Å²) in [6.07, 6.45) is 3.33. The van der Waals surface area contributed by atoms with E-state index in [0.29, 0.717) is 5.76 Å². The Kier molecular flexibility index (Phi) is 4.93. The molecule has 28 heavy (non-hydrogen) atoms. The fourth-order valence-corrected chi connectivity index (χ4v) is 3.41. The van der Waals surface area contributed by atoms with Gasteiger partial charge in [0.25, 0.3) is 0 Å². The Morgan fingerprint density at radius 3 is 2.71 bits per heavy atom.